The van der Waals surface area contributed by atoms with Gasteiger partial charge in [0, 0.05) is 18.4 Å². The van der Waals surface area contributed by atoms with Gasteiger partial charge in [-0.2, -0.15) is 0 Å². The fourth-order valence-corrected chi connectivity index (χ4v) is 3.00. The van der Waals surface area contributed by atoms with E-state index in [0.717, 1.165) is 11.8 Å². The van der Waals surface area contributed by atoms with Gasteiger partial charge in [-0.1, -0.05) is 12.1 Å². The van der Waals surface area contributed by atoms with Crippen molar-refractivity contribution in [2.24, 2.45) is 0 Å². The highest BCUT2D eigenvalue weighted by molar-refractivity contribution is 5.56. The zero-order valence-electron chi connectivity index (χ0n) is 10.9. The second kappa shape index (κ2) is 4.15. The molecule has 1 aliphatic heterocycles. The monoisotopic (exact) mass is 239 g/mol. The van der Waals surface area contributed by atoms with Gasteiger partial charge in [0.1, 0.15) is 0 Å². The fourth-order valence-electron chi connectivity index (χ4n) is 3.00. The van der Waals surface area contributed by atoms with Crippen molar-refractivity contribution < 1.29 is 0 Å². The fraction of sp³-hybridized carbons (Fsp3) is 0.529. The molecular weight excluding hydrogens is 218 g/mol. The van der Waals surface area contributed by atoms with Crippen LogP contribution in [0.2, 0.25) is 0 Å². The van der Waals surface area contributed by atoms with E-state index in [1.807, 2.05) is 0 Å². The van der Waals surface area contributed by atoms with Crippen LogP contribution >= 0.6 is 0 Å². The van der Waals surface area contributed by atoms with Gasteiger partial charge in [0.2, 0.25) is 0 Å². The molecule has 18 heavy (non-hydrogen) atoms. The number of allylic oxidation sites excluding steroid dienone is 1. The van der Waals surface area contributed by atoms with E-state index in [4.69, 9.17) is 0 Å². The minimum Gasteiger partial charge on any atom is -0.348 e. The first-order chi connectivity index (χ1) is 8.90. The first-order valence-electron chi connectivity index (χ1n) is 7.48. The number of anilines is 1. The first kappa shape index (κ1) is 10.7. The predicted molar refractivity (Wildman–Crippen MR) is 76.1 cm³/mol. The number of hydrogen-bond acceptors (Lipinski definition) is 1. The molecule has 1 nitrogen and oxygen atoms in total. The third-order valence-electron chi connectivity index (χ3n) is 4.45. The van der Waals surface area contributed by atoms with Crippen LogP contribution in [0.25, 0.3) is 0 Å². The maximum Gasteiger partial charge on any atom is 0.0411 e. The molecule has 0 bridgehead atoms. The predicted octanol–water partition coefficient (Wildman–Crippen LogP) is 4.56. The molecule has 2 fully saturated rings. The summed E-state index contributed by atoms with van der Waals surface area (Å²) in [6.45, 7) is 1.19. The average molecular weight is 239 g/mol. The molecule has 2 saturated carbocycles. The van der Waals surface area contributed by atoms with Crippen molar-refractivity contribution >= 4 is 5.69 Å². The Morgan fingerprint density at radius 1 is 0.889 bits per heavy atom. The van der Waals surface area contributed by atoms with E-state index in [-0.39, 0.29) is 0 Å². The zero-order valence-corrected chi connectivity index (χ0v) is 10.9. The molecule has 0 saturated heterocycles. The molecule has 2 aliphatic carbocycles. The molecule has 0 amide bonds. The Bertz CT molecular complexity index is 450. The van der Waals surface area contributed by atoms with Gasteiger partial charge >= 0.3 is 0 Å². The summed E-state index contributed by atoms with van der Waals surface area (Å²) in [7, 11) is 0. The van der Waals surface area contributed by atoms with Gasteiger partial charge in [0.05, 0.1) is 0 Å². The van der Waals surface area contributed by atoms with Crippen molar-refractivity contribution in [2.75, 3.05) is 11.4 Å². The van der Waals surface area contributed by atoms with E-state index in [1.54, 1.807) is 11.1 Å². The second-order valence-electron chi connectivity index (χ2n) is 6.13. The molecule has 0 N–H and O–H groups in total. The summed E-state index contributed by atoms with van der Waals surface area (Å²) in [5.41, 5.74) is 4.65. The highest BCUT2D eigenvalue weighted by Gasteiger charge is 2.29. The molecule has 0 atom stereocenters. The summed E-state index contributed by atoms with van der Waals surface area (Å²) >= 11 is 0. The van der Waals surface area contributed by atoms with Gasteiger partial charge in [0.25, 0.3) is 0 Å². The maximum absolute atomic E-state index is 2.49. The minimum absolute atomic E-state index is 0.872. The van der Waals surface area contributed by atoms with Crippen LogP contribution in [-0.4, -0.2) is 6.54 Å². The Morgan fingerprint density at radius 3 is 2.06 bits per heavy atom. The summed E-state index contributed by atoms with van der Waals surface area (Å²) < 4.78 is 0. The van der Waals surface area contributed by atoms with Crippen molar-refractivity contribution in [1.82, 2.24) is 0 Å². The Morgan fingerprint density at radius 2 is 1.56 bits per heavy atom. The standard InChI is InChI=1S/C17H21N/c1-2-8-18(9-3-1)17-11-15(13-4-5-13)10-16(12-17)14-6-7-14/h2,8,10-14H,1,3-7,9H2. The third kappa shape index (κ3) is 2.07. The molecule has 3 aliphatic rings. The Labute approximate surface area is 109 Å². The van der Waals surface area contributed by atoms with Crippen molar-refractivity contribution in [1.29, 1.82) is 0 Å². The number of rotatable bonds is 3. The van der Waals surface area contributed by atoms with Crippen LogP contribution in [0.15, 0.2) is 30.5 Å². The lowest BCUT2D eigenvalue weighted by Crippen LogP contribution is -2.20. The van der Waals surface area contributed by atoms with Crippen LogP contribution in [0.3, 0.4) is 0 Å². The van der Waals surface area contributed by atoms with Gasteiger partial charge in [-0.05, 0) is 73.6 Å². The molecule has 0 aromatic heterocycles. The van der Waals surface area contributed by atoms with Crippen molar-refractivity contribution in [3.8, 4) is 0 Å². The lowest BCUT2D eigenvalue weighted by molar-refractivity contribution is 0.785. The molecule has 0 unspecified atom stereocenters. The van der Waals surface area contributed by atoms with Gasteiger partial charge in [-0.25, -0.2) is 0 Å². The van der Waals surface area contributed by atoms with Gasteiger partial charge in [0.15, 0.2) is 0 Å². The molecule has 1 aromatic rings. The zero-order chi connectivity index (χ0) is 11.9. The summed E-state index contributed by atoms with van der Waals surface area (Å²) in [4.78, 5) is 2.45. The van der Waals surface area contributed by atoms with Gasteiger partial charge in [-0.15, -0.1) is 0 Å². The van der Waals surface area contributed by atoms with E-state index >= 15 is 0 Å². The SMILES string of the molecule is C1=CN(c2cc(C3CC3)cc(C3CC3)c2)CCC1. The van der Waals surface area contributed by atoms with Gasteiger partial charge < -0.3 is 4.90 Å². The van der Waals surface area contributed by atoms with E-state index in [1.165, 1.54) is 50.8 Å². The van der Waals surface area contributed by atoms with E-state index < -0.39 is 0 Å². The summed E-state index contributed by atoms with van der Waals surface area (Å²) in [5, 5.41) is 0. The Balaban J connectivity index is 1.71. The normalized spacial score (nSPS) is 23.4. The quantitative estimate of drug-likeness (QED) is 0.747. The van der Waals surface area contributed by atoms with Crippen molar-refractivity contribution in [3.05, 3.63) is 41.6 Å². The number of nitrogens with zero attached hydrogens (tertiary/aromatic N) is 1. The largest absolute Gasteiger partial charge is 0.348 e. The Kier molecular flexibility index (Phi) is 2.46. The molecule has 1 aromatic carbocycles. The highest BCUT2D eigenvalue weighted by Crippen LogP contribution is 2.46. The smallest absolute Gasteiger partial charge is 0.0411 e. The third-order valence-corrected chi connectivity index (χ3v) is 4.45. The van der Waals surface area contributed by atoms with Crippen LogP contribution in [0.4, 0.5) is 5.69 Å². The number of hydrogen-bond donors (Lipinski definition) is 0. The highest BCUT2D eigenvalue weighted by atomic mass is 15.1. The van der Waals surface area contributed by atoms with Crippen LogP contribution in [0.1, 0.15) is 61.5 Å². The van der Waals surface area contributed by atoms with E-state index in [0.29, 0.717) is 0 Å². The molecule has 1 heteroatoms. The minimum atomic E-state index is 0.872. The maximum atomic E-state index is 2.49. The van der Waals surface area contributed by atoms with Crippen molar-refractivity contribution in [3.63, 3.8) is 0 Å². The average Bonchev–Trinajstić information content (AvgIpc) is 3.32. The first-order valence-corrected chi connectivity index (χ1v) is 7.48. The second-order valence-corrected chi connectivity index (χ2v) is 6.13. The molecule has 0 radical (unpaired) electrons. The molecule has 0 spiro atoms. The summed E-state index contributed by atoms with van der Waals surface area (Å²) in [5.74, 6) is 1.74. The molecular formula is C17H21N. The molecule has 4 rings (SSSR count). The van der Waals surface area contributed by atoms with Crippen molar-refractivity contribution in [2.45, 2.75) is 50.4 Å². The summed E-state index contributed by atoms with van der Waals surface area (Å²) in [6.07, 6.45) is 12.8. The van der Waals surface area contributed by atoms with E-state index in [9.17, 15) is 0 Å². The van der Waals surface area contributed by atoms with Gasteiger partial charge in [-0.3, -0.25) is 0 Å². The Hall–Kier alpha value is -1.24. The van der Waals surface area contributed by atoms with Crippen LogP contribution in [0, 0.1) is 0 Å². The topological polar surface area (TPSA) is 3.24 Å². The van der Waals surface area contributed by atoms with Crippen LogP contribution < -0.4 is 4.90 Å². The summed E-state index contributed by atoms with van der Waals surface area (Å²) in [6, 6.07) is 7.38. The van der Waals surface area contributed by atoms with Crippen LogP contribution in [-0.2, 0) is 0 Å². The molecule has 94 valence electrons. The van der Waals surface area contributed by atoms with Crippen LogP contribution in [0.5, 0.6) is 0 Å². The lowest BCUT2D eigenvalue weighted by Gasteiger charge is -2.25. The lowest BCUT2D eigenvalue weighted by atomic mass is 10.0. The van der Waals surface area contributed by atoms with E-state index in [2.05, 4.69) is 35.4 Å². The number of benzene rings is 1. The molecule has 1 heterocycles.